The minimum absolute atomic E-state index is 0.307. The van der Waals surface area contributed by atoms with Crippen LogP contribution in [0.5, 0.6) is 0 Å². The number of hydrogen-bond acceptors (Lipinski definition) is 3. The molecule has 0 saturated heterocycles. The Morgan fingerprint density at radius 1 is 1.29 bits per heavy atom. The predicted molar refractivity (Wildman–Crippen MR) is 52.0 cm³/mol. The summed E-state index contributed by atoms with van der Waals surface area (Å²) >= 11 is 0. The van der Waals surface area contributed by atoms with Gasteiger partial charge in [-0.3, -0.25) is 14.2 Å². The van der Waals surface area contributed by atoms with Gasteiger partial charge < -0.3 is 4.57 Å². The third-order valence-electron chi connectivity index (χ3n) is 1.83. The Hall–Kier alpha value is -1.91. The first-order chi connectivity index (χ1) is 6.57. The van der Waals surface area contributed by atoms with Crippen molar-refractivity contribution in [3.05, 3.63) is 38.7 Å². The highest BCUT2D eigenvalue weighted by Crippen LogP contribution is 1.90. The van der Waals surface area contributed by atoms with Gasteiger partial charge in [0, 0.05) is 20.3 Å². The molecule has 0 aliphatic carbocycles. The van der Waals surface area contributed by atoms with Gasteiger partial charge in [0.05, 0.1) is 5.56 Å². The molecule has 5 heteroatoms. The second-order valence-corrected chi connectivity index (χ2v) is 2.84. The van der Waals surface area contributed by atoms with Gasteiger partial charge in [-0.05, 0) is 12.2 Å². The number of carbonyl (C=O) groups excluding carboxylic acids is 1. The van der Waals surface area contributed by atoms with Crippen molar-refractivity contribution in [2.24, 2.45) is 14.1 Å². The zero-order valence-corrected chi connectivity index (χ0v) is 7.93. The second kappa shape index (κ2) is 3.87. The van der Waals surface area contributed by atoms with E-state index in [0.717, 1.165) is 4.57 Å². The Balaban J connectivity index is 3.48. The number of rotatable bonds is 2. The normalized spacial score (nSPS) is 10.7. The summed E-state index contributed by atoms with van der Waals surface area (Å²) in [5.41, 5.74) is -0.494. The van der Waals surface area contributed by atoms with E-state index in [9.17, 15) is 14.4 Å². The Kier molecular flexibility index (Phi) is 2.81. The first kappa shape index (κ1) is 10.2. The molecule has 0 spiro atoms. The van der Waals surface area contributed by atoms with Crippen molar-refractivity contribution in [1.82, 2.24) is 9.13 Å². The van der Waals surface area contributed by atoms with Crippen molar-refractivity contribution in [1.29, 1.82) is 0 Å². The molecule has 0 amide bonds. The average molecular weight is 194 g/mol. The summed E-state index contributed by atoms with van der Waals surface area (Å²) in [5.74, 6) is 0. The maximum atomic E-state index is 11.4. The fourth-order valence-corrected chi connectivity index (χ4v) is 1.09. The summed E-state index contributed by atoms with van der Waals surface area (Å²) in [7, 11) is 2.93. The maximum absolute atomic E-state index is 11.4. The van der Waals surface area contributed by atoms with E-state index in [1.54, 1.807) is 7.05 Å². The van der Waals surface area contributed by atoms with Crippen LogP contribution in [0.3, 0.4) is 0 Å². The molecule has 1 rings (SSSR count). The lowest BCUT2D eigenvalue weighted by Crippen LogP contribution is -2.37. The summed E-state index contributed by atoms with van der Waals surface area (Å²) < 4.78 is 2.27. The first-order valence-corrected chi connectivity index (χ1v) is 3.96. The summed E-state index contributed by atoms with van der Waals surface area (Å²) in [6.07, 6.45) is 4.55. The monoisotopic (exact) mass is 194 g/mol. The van der Waals surface area contributed by atoms with E-state index in [-0.39, 0.29) is 0 Å². The maximum Gasteiger partial charge on any atom is 0.330 e. The number of nitrogens with zero attached hydrogens (tertiary/aromatic N) is 2. The lowest BCUT2D eigenvalue weighted by Gasteiger charge is -2.02. The Morgan fingerprint density at radius 3 is 2.50 bits per heavy atom. The van der Waals surface area contributed by atoms with E-state index in [0.29, 0.717) is 11.8 Å². The Morgan fingerprint density at radius 2 is 1.93 bits per heavy atom. The number of aldehydes is 1. The van der Waals surface area contributed by atoms with Crippen LogP contribution in [0.25, 0.3) is 6.08 Å². The molecular formula is C9H10N2O3. The third kappa shape index (κ3) is 1.71. The van der Waals surface area contributed by atoms with E-state index in [1.807, 2.05) is 0 Å². The minimum atomic E-state index is -0.411. The number of carbonyl (C=O) groups is 1. The van der Waals surface area contributed by atoms with Crippen LogP contribution >= 0.6 is 0 Å². The van der Waals surface area contributed by atoms with Crippen LogP contribution < -0.4 is 11.2 Å². The molecule has 0 atom stereocenters. The molecule has 0 N–H and O–H groups in total. The van der Waals surface area contributed by atoms with Crippen LogP contribution in [-0.2, 0) is 18.9 Å². The van der Waals surface area contributed by atoms with Gasteiger partial charge in [0.15, 0.2) is 0 Å². The topological polar surface area (TPSA) is 61.1 Å². The van der Waals surface area contributed by atoms with Gasteiger partial charge >= 0.3 is 5.69 Å². The highest BCUT2D eigenvalue weighted by molar-refractivity contribution is 5.73. The summed E-state index contributed by atoms with van der Waals surface area (Å²) in [6.45, 7) is 0. The van der Waals surface area contributed by atoms with Gasteiger partial charge in [-0.1, -0.05) is 0 Å². The van der Waals surface area contributed by atoms with E-state index < -0.39 is 11.2 Å². The van der Waals surface area contributed by atoms with Crippen molar-refractivity contribution in [3.63, 3.8) is 0 Å². The summed E-state index contributed by atoms with van der Waals surface area (Å²) in [5, 5.41) is 0. The number of hydrogen-bond donors (Lipinski definition) is 0. The molecule has 0 bridgehead atoms. The van der Waals surface area contributed by atoms with Crippen LogP contribution in [-0.4, -0.2) is 15.4 Å². The van der Waals surface area contributed by atoms with E-state index in [4.69, 9.17) is 0 Å². The molecule has 74 valence electrons. The zero-order chi connectivity index (χ0) is 10.7. The first-order valence-electron chi connectivity index (χ1n) is 3.96. The SMILES string of the molecule is Cn1cc(/C=C/C=O)c(=O)n(C)c1=O. The van der Waals surface area contributed by atoms with Gasteiger partial charge in [-0.15, -0.1) is 0 Å². The molecule has 0 radical (unpaired) electrons. The van der Waals surface area contributed by atoms with Crippen molar-refractivity contribution >= 4 is 12.4 Å². The van der Waals surface area contributed by atoms with Crippen LogP contribution in [0.15, 0.2) is 21.9 Å². The number of allylic oxidation sites excluding steroid dienone is 1. The fraction of sp³-hybridized carbons (Fsp3) is 0.222. The molecular weight excluding hydrogens is 184 g/mol. The molecule has 0 aliphatic heterocycles. The van der Waals surface area contributed by atoms with Crippen molar-refractivity contribution in [2.75, 3.05) is 0 Å². The molecule has 0 saturated carbocycles. The van der Waals surface area contributed by atoms with E-state index in [1.165, 1.54) is 30.0 Å². The smallest absolute Gasteiger partial charge is 0.303 e. The van der Waals surface area contributed by atoms with Crippen molar-refractivity contribution in [2.45, 2.75) is 0 Å². The van der Waals surface area contributed by atoms with Gasteiger partial charge in [0.1, 0.15) is 6.29 Å². The molecule has 0 aliphatic rings. The van der Waals surface area contributed by atoms with Crippen molar-refractivity contribution < 1.29 is 4.79 Å². The predicted octanol–water partition coefficient (Wildman–Crippen LogP) is -0.704. The van der Waals surface area contributed by atoms with Crippen molar-refractivity contribution in [3.8, 4) is 0 Å². The van der Waals surface area contributed by atoms with E-state index in [2.05, 4.69) is 0 Å². The lowest BCUT2D eigenvalue weighted by atomic mass is 10.3. The molecule has 0 aromatic carbocycles. The summed E-state index contributed by atoms with van der Waals surface area (Å²) in [4.78, 5) is 32.7. The standard InChI is InChI=1S/C9H10N2O3/c1-10-6-7(4-3-5-12)8(13)11(2)9(10)14/h3-6H,1-2H3/b4-3+. The molecule has 1 heterocycles. The van der Waals surface area contributed by atoms with Crippen LogP contribution in [0.2, 0.25) is 0 Å². The molecule has 0 unspecified atom stereocenters. The van der Waals surface area contributed by atoms with Gasteiger partial charge in [-0.2, -0.15) is 0 Å². The fourth-order valence-electron chi connectivity index (χ4n) is 1.09. The zero-order valence-electron chi connectivity index (χ0n) is 7.93. The highest BCUT2D eigenvalue weighted by Gasteiger charge is 2.02. The van der Waals surface area contributed by atoms with E-state index >= 15 is 0 Å². The van der Waals surface area contributed by atoms with Crippen LogP contribution in [0.4, 0.5) is 0 Å². The molecule has 0 fully saturated rings. The average Bonchev–Trinajstić information content (AvgIpc) is 2.18. The minimum Gasteiger partial charge on any atom is -0.303 e. The largest absolute Gasteiger partial charge is 0.330 e. The van der Waals surface area contributed by atoms with Gasteiger partial charge in [0.25, 0.3) is 5.56 Å². The number of aryl methyl sites for hydroxylation is 1. The highest BCUT2D eigenvalue weighted by atomic mass is 16.2. The number of aromatic nitrogens is 2. The summed E-state index contributed by atoms with van der Waals surface area (Å²) in [6, 6.07) is 0. The third-order valence-corrected chi connectivity index (χ3v) is 1.83. The molecule has 14 heavy (non-hydrogen) atoms. The molecule has 5 nitrogen and oxygen atoms in total. The van der Waals surface area contributed by atoms with Crippen LogP contribution in [0.1, 0.15) is 5.56 Å². The Labute approximate surface area is 79.9 Å². The van der Waals surface area contributed by atoms with Gasteiger partial charge in [-0.25, -0.2) is 4.79 Å². The lowest BCUT2D eigenvalue weighted by molar-refractivity contribution is -0.104. The molecule has 1 aromatic heterocycles. The van der Waals surface area contributed by atoms with Gasteiger partial charge in [0.2, 0.25) is 0 Å². The Bertz CT molecular complexity index is 494. The molecule has 1 aromatic rings. The van der Waals surface area contributed by atoms with Crippen LogP contribution in [0, 0.1) is 0 Å². The quantitative estimate of drug-likeness (QED) is 0.462. The second-order valence-electron chi connectivity index (χ2n) is 2.84.